The number of carbonyl (C=O) groups excluding carboxylic acids is 1. The number of nitrogens with one attached hydrogen (secondary N) is 1. The van der Waals surface area contributed by atoms with E-state index in [1.165, 1.54) is 0 Å². The quantitative estimate of drug-likeness (QED) is 0.781. The molecule has 19 heavy (non-hydrogen) atoms. The van der Waals surface area contributed by atoms with Crippen molar-refractivity contribution < 1.29 is 9.90 Å². The topological polar surface area (TPSA) is 75.3 Å². The minimum Gasteiger partial charge on any atom is -0.389 e. The van der Waals surface area contributed by atoms with Crippen LogP contribution in [-0.2, 0) is 4.79 Å². The second kappa shape index (κ2) is 6.17. The number of benzene rings is 1. The summed E-state index contributed by atoms with van der Waals surface area (Å²) in [5, 5.41) is 12.6. The van der Waals surface area contributed by atoms with Crippen LogP contribution in [0.25, 0.3) is 0 Å². The molecule has 1 atom stereocenters. The van der Waals surface area contributed by atoms with Crippen LogP contribution in [-0.4, -0.2) is 17.1 Å². The first-order chi connectivity index (χ1) is 9.08. The molecule has 1 aromatic rings. The van der Waals surface area contributed by atoms with Gasteiger partial charge < -0.3 is 16.2 Å². The Morgan fingerprint density at radius 3 is 2.58 bits per heavy atom. The van der Waals surface area contributed by atoms with Crippen LogP contribution < -0.4 is 11.1 Å². The summed E-state index contributed by atoms with van der Waals surface area (Å²) in [7, 11) is 0. The van der Waals surface area contributed by atoms with E-state index in [-0.39, 0.29) is 17.9 Å². The second-order valence-electron chi connectivity index (χ2n) is 5.36. The van der Waals surface area contributed by atoms with E-state index in [0.29, 0.717) is 5.69 Å². The highest BCUT2D eigenvalue weighted by atomic mass is 16.3. The molecule has 0 bridgehead atoms. The van der Waals surface area contributed by atoms with Gasteiger partial charge >= 0.3 is 0 Å². The first-order valence-corrected chi connectivity index (χ1v) is 6.91. The van der Waals surface area contributed by atoms with E-state index in [1.54, 1.807) is 6.92 Å². The zero-order chi connectivity index (χ0) is 13.8. The van der Waals surface area contributed by atoms with Gasteiger partial charge in [0, 0.05) is 23.2 Å². The molecule has 1 unspecified atom stereocenters. The van der Waals surface area contributed by atoms with Gasteiger partial charge in [0.05, 0.1) is 6.10 Å². The van der Waals surface area contributed by atoms with E-state index < -0.39 is 6.10 Å². The lowest BCUT2D eigenvalue weighted by Crippen LogP contribution is -2.32. The van der Waals surface area contributed by atoms with E-state index in [9.17, 15) is 9.90 Å². The highest BCUT2D eigenvalue weighted by Gasteiger charge is 2.25. The Balaban J connectivity index is 2.03. The number of hydrogen-bond acceptors (Lipinski definition) is 3. The first-order valence-electron chi connectivity index (χ1n) is 6.91. The van der Waals surface area contributed by atoms with Crippen molar-refractivity contribution in [3.05, 3.63) is 29.8 Å². The molecule has 1 amide bonds. The van der Waals surface area contributed by atoms with Crippen LogP contribution >= 0.6 is 0 Å². The fourth-order valence-corrected chi connectivity index (χ4v) is 2.59. The maximum atomic E-state index is 12.2. The Morgan fingerprint density at radius 2 is 1.95 bits per heavy atom. The molecule has 4 N–H and O–H groups in total. The van der Waals surface area contributed by atoms with Crippen LogP contribution in [0.1, 0.15) is 44.3 Å². The first kappa shape index (κ1) is 14.0. The van der Waals surface area contributed by atoms with Gasteiger partial charge in [-0.05, 0) is 38.7 Å². The van der Waals surface area contributed by atoms with Crippen LogP contribution in [0.5, 0.6) is 0 Å². The van der Waals surface area contributed by atoms with Gasteiger partial charge in [-0.25, -0.2) is 0 Å². The molecule has 0 saturated heterocycles. The number of nitrogens with two attached hydrogens (primary N) is 1. The molecule has 0 aliphatic heterocycles. The van der Waals surface area contributed by atoms with Crippen molar-refractivity contribution in [3.63, 3.8) is 0 Å². The molecule has 0 aromatic heterocycles. The minimum atomic E-state index is -0.587. The monoisotopic (exact) mass is 262 g/mol. The van der Waals surface area contributed by atoms with Crippen molar-refractivity contribution in [1.29, 1.82) is 0 Å². The van der Waals surface area contributed by atoms with Crippen LogP contribution in [0.3, 0.4) is 0 Å². The molecule has 0 radical (unpaired) electrons. The van der Waals surface area contributed by atoms with Crippen molar-refractivity contribution in [1.82, 2.24) is 0 Å². The summed E-state index contributed by atoms with van der Waals surface area (Å²) in [5.74, 6) is 0.0851. The van der Waals surface area contributed by atoms with Gasteiger partial charge in [0.15, 0.2) is 0 Å². The van der Waals surface area contributed by atoms with E-state index in [0.717, 1.165) is 31.2 Å². The Labute approximate surface area is 114 Å². The third kappa shape index (κ3) is 3.55. The molecule has 0 heterocycles. The van der Waals surface area contributed by atoms with Gasteiger partial charge in [-0.1, -0.05) is 18.2 Å². The zero-order valence-corrected chi connectivity index (χ0v) is 11.3. The highest BCUT2D eigenvalue weighted by molar-refractivity contribution is 5.93. The summed E-state index contributed by atoms with van der Waals surface area (Å²) in [6.45, 7) is 1.70. The van der Waals surface area contributed by atoms with Crippen LogP contribution in [0, 0.1) is 5.92 Å². The van der Waals surface area contributed by atoms with Crippen LogP contribution in [0.4, 0.5) is 5.69 Å². The average Bonchev–Trinajstić information content (AvgIpc) is 2.39. The smallest absolute Gasteiger partial charge is 0.227 e. The van der Waals surface area contributed by atoms with Gasteiger partial charge in [-0.3, -0.25) is 4.79 Å². The predicted octanol–water partition coefficient (Wildman–Crippen LogP) is 2.20. The number of amides is 1. The SMILES string of the molecule is CC(O)c1ccccc1NC(=O)C1CCC(N)CC1. The number of hydrogen-bond donors (Lipinski definition) is 3. The number of rotatable bonds is 3. The fourth-order valence-electron chi connectivity index (χ4n) is 2.59. The summed E-state index contributed by atoms with van der Waals surface area (Å²) in [4.78, 5) is 12.2. The molecule has 1 aromatic carbocycles. The number of aliphatic hydroxyl groups is 1. The Kier molecular flexibility index (Phi) is 4.56. The maximum absolute atomic E-state index is 12.2. The standard InChI is InChI=1S/C15H22N2O2/c1-10(18)13-4-2-3-5-14(13)17-15(19)11-6-8-12(16)9-7-11/h2-5,10-12,18H,6-9,16H2,1H3,(H,17,19). The van der Waals surface area contributed by atoms with Gasteiger partial charge in [0.2, 0.25) is 5.91 Å². The predicted molar refractivity (Wildman–Crippen MR) is 75.6 cm³/mol. The molecule has 4 nitrogen and oxygen atoms in total. The Hall–Kier alpha value is -1.39. The third-order valence-electron chi connectivity index (χ3n) is 3.81. The van der Waals surface area contributed by atoms with Crippen molar-refractivity contribution in [3.8, 4) is 0 Å². The van der Waals surface area contributed by atoms with Gasteiger partial charge in [0.1, 0.15) is 0 Å². The molecular formula is C15H22N2O2. The largest absolute Gasteiger partial charge is 0.389 e. The molecule has 1 aliphatic carbocycles. The normalized spacial score (nSPS) is 24.8. The number of para-hydroxylation sites is 1. The lowest BCUT2D eigenvalue weighted by atomic mass is 9.86. The molecule has 104 valence electrons. The third-order valence-corrected chi connectivity index (χ3v) is 3.81. The summed E-state index contributed by atoms with van der Waals surface area (Å²) in [6, 6.07) is 7.62. The van der Waals surface area contributed by atoms with Crippen molar-refractivity contribution in [2.75, 3.05) is 5.32 Å². The molecule has 2 rings (SSSR count). The highest BCUT2D eigenvalue weighted by Crippen LogP contribution is 2.27. The summed E-state index contributed by atoms with van der Waals surface area (Å²) in [6.07, 6.45) is 2.94. The Morgan fingerprint density at radius 1 is 1.32 bits per heavy atom. The number of aliphatic hydroxyl groups excluding tert-OH is 1. The van der Waals surface area contributed by atoms with E-state index >= 15 is 0 Å². The summed E-state index contributed by atoms with van der Waals surface area (Å²) in [5.41, 5.74) is 7.31. The van der Waals surface area contributed by atoms with Crippen molar-refractivity contribution >= 4 is 11.6 Å². The summed E-state index contributed by atoms with van der Waals surface area (Å²) >= 11 is 0. The maximum Gasteiger partial charge on any atom is 0.227 e. The number of anilines is 1. The molecule has 0 spiro atoms. The average molecular weight is 262 g/mol. The second-order valence-corrected chi connectivity index (χ2v) is 5.36. The van der Waals surface area contributed by atoms with Gasteiger partial charge in [0.25, 0.3) is 0 Å². The fraction of sp³-hybridized carbons (Fsp3) is 0.533. The molecule has 4 heteroatoms. The van der Waals surface area contributed by atoms with Crippen molar-refractivity contribution in [2.45, 2.75) is 44.8 Å². The van der Waals surface area contributed by atoms with Crippen LogP contribution in [0.2, 0.25) is 0 Å². The van der Waals surface area contributed by atoms with E-state index in [1.807, 2.05) is 24.3 Å². The van der Waals surface area contributed by atoms with E-state index in [2.05, 4.69) is 5.32 Å². The van der Waals surface area contributed by atoms with Gasteiger partial charge in [-0.2, -0.15) is 0 Å². The molecular weight excluding hydrogens is 240 g/mol. The lowest BCUT2D eigenvalue weighted by Gasteiger charge is -2.25. The zero-order valence-electron chi connectivity index (χ0n) is 11.3. The molecule has 1 fully saturated rings. The minimum absolute atomic E-state index is 0.0417. The lowest BCUT2D eigenvalue weighted by molar-refractivity contribution is -0.120. The summed E-state index contributed by atoms with van der Waals surface area (Å²) < 4.78 is 0. The van der Waals surface area contributed by atoms with Crippen molar-refractivity contribution in [2.24, 2.45) is 11.7 Å². The molecule has 1 saturated carbocycles. The number of carbonyl (C=O) groups is 1. The van der Waals surface area contributed by atoms with Gasteiger partial charge in [-0.15, -0.1) is 0 Å². The molecule has 1 aliphatic rings. The Bertz CT molecular complexity index is 438. The van der Waals surface area contributed by atoms with E-state index in [4.69, 9.17) is 5.73 Å². The van der Waals surface area contributed by atoms with Crippen LogP contribution in [0.15, 0.2) is 24.3 Å².